The zero-order chi connectivity index (χ0) is 17.8. The first kappa shape index (κ1) is 17.1. The summed E-state index contributed by atoms with van der Waals surface area (Å²) in [5, 5.41) is 11.0. The summed E-state index contributed by atoms with van der Waals surface area (Å²) in [6, 6.07) is 9.39. The van der Waals surface area contributed by atoms with Crippen LogP contribution in [0.25, 0.3) is 0 Å². The molecule has 1 aromatic carbocycles. The van der Waals surface area contributed by atoms with Gasteiger partial charge in [0.15, 0.2) is 0 Å². The highest BCUT2D eigenvalue weighted by molar-refractivity contribution is 5.76. The van der Waals surface area contributed by atoms with Crippen molar-refractivity contribution in [2.45, 2.75) is 51.2 Å². The van der Waals surface area contributed by atoms with Gasteiger partial charge in [-0.1, -0.05) is 24.3 Å². The van der Waals surface area contributed by atoms with E-state index in [1.165, 1.54) is 11.1 Å². The molecule has 26 heavy (non-hydrogen) atoms. The van der Waals surface area contributed by atoms with Crippen LogP contribution < -0.4 is 0 Å². The molecule has 7 nitrogen and oxygen atoms in total. The van der Waals surface area contributed by atoms with Crippen molar-refractivity contribution in [3.8, 4) is 0 Å². The quantitative estimate of drug-likeness (QED) is 0.814. The summed E-state index contributed by atoms with van der Waals surface area (Å²) in [6.07, 6.45) is 6.26. The zero-order valence-electron chi connectivity index (χ0n) is 15.1. The third-order valence-electron chi connectivity index (χ3n) is 5.66. The fourth-order valence-electron chi connectivity index (χ4n) is 4.14. The fraction of sp³-hybridized carbons (Fsp3) is 0.579. The Bertz CT molecular complexity index is 723. The van der Waals surface area contributed by atoms with E-state index in [0.29, 0.717) is 19.0 Å². The second-order valence-corrected chi connectivity index (χ2v) is 7.28. The number of benzene rings is 1. The van der Waals surface area contributed by atoms with Crippen LogP contribution >= 0.6 is 0 Å². The Hall–Kier alpha value is -2.28. The van der Waals surface area contributed by atoms with Crippen LogP contribution in [0, 0.1) is 0 Å². The lowest BCUT2D eigenvalue weighted by molar-refractivity contribution is -0.133. The summed E-state index contributed by atoms with van der Waals surface area (Å²) in [6.45, 7) is 4.66. The summed E-state index contributed by atoms with van der Waals surface area (Å²) in [5.74, 6) is 0.264. The molecule has 2 aliphatic rings. The number of hydrogen-bond donors (Lipinski definition) is 0. The van der Waals surface area contributed by atoms with Crippen molar-refractivity contribution < 1.29 is 4.79 Å². The molecule has 0 N–H and O–H groups in total. The van der Waals surface area contributed by atoms with Gasteiger partial charge in [-0.2, -0.15) is 0 Å². The number of rotatable bonds is 5. The van der Waals surface area contributed by atoms with Gasteiger partial charge in [-0.15, -0.1) is 5.10 Å². The van der Waals surface area contributed by atoms with Crippen molar-refractivity contribution in [3.05, 3.63) is 41.7 Å². The van der Waals surface area contributed by atoms with Crippen LogP contribution in [0.4, 0.5) is 0 Å². The highest BCUT2D eigenvalue weighted by Gasteiger charge is 2.28. The predicted octanol–water partition coefficient (Wildman–Crippen LogP) is 1.50. The molecule has 0 radical (unpaired) electrons. The van der Waals surface area contributed by atoms with Crippen LogP contribution in [0.5, 0.6) is 0 Å². The molecule has 2 aromatic rings. The summed E-state index contributed by atoms with van der Waals surface area (Å²) < 4.78 is 1.67. The van der Waals surface area contributed by atoms with Gasteiger partial charge in [-0.3, -0.25) is 9.69 Å². The molecule has 0 atom stereocenters. The monoisotopic (exact) mass is 354 g/mol. The normalized spacial score (nSPS) is 18.7. The van der Waals surface area contributed by atoms with Crippen LogP contribution in [-0.4, -0.2) is 61.6 Å². The number of aromatic nitrogens is 4. The largest absolute Gasteiger partial charge is 0.343 e. The Balaban J connectivity index is 1.22. The number of amides is 1. The molecule has 138 valence electrons. The summed E-state index contributed by atoms with van der Waals surface area (Å²) in [7, 11) is 0. The topological polar surface area (TPSA) is 67.2 Å². The molecule has 0 aliphatic carbocycles. The minimum atomic E-state index is 0.264. The van der Waals surface area contributed by atoms with Crippen molar-refractivity contribution in [1.29, 1.82) is 0 Å². The SMILES string of the molecule is O=C(CCCn1cnnn1)N1CCC(N2CCc3ccccc3C2)CC1. The maximum atomic E-state index is 12.4. The maximum absolute atomic E-state index is 12.4. The van der Waals surface area contributed by atoms with Crippen LogP contribution in [0.1, 0.15) is 36.8 Å². The first-order chi connectivity index (χ1) is 12.8. The van der Waals surface area contributed by atoms with Gasteiger partial charge in [-0.05, 0) is 47.2 Å². The van der Waals surface area contributed by atoms with Gasteiger partial charge >= 0.3 is 0 Å². The standard InChI is InChI=1S/C19H26N6O/c26-19(6-3-10-25-15-20-21-22-25)23-12-8-18(9-13-23)24-11-7-16-4-1-2-5-17(16)14-24/h1-2,4-5,15,18H,3,6-14H2. The molecular formula is C19H26N6O. The first-order valence-corrected chi connectivity index (χ1v) is 9.59. The lowest BCUT2D eigenvalue weighted by Gasteiger charge is -2.40. The van der Waals surface area contributed by atoms with E-state index in [0.717, 1.165) is 51.9 Å². The molecule has 1 amide bonds. The number of fused-ring (bicyclic) bond motifs is 1. The molecule has 1 aromatic heterocycles. The summed E-state index contributed by atoms with van der Waals surface area (Å²) in [5.41, 5.74) is 2.97. The lowest BCUT2D eigenvalue weighted by Crippen LogP contribution is -2.48. The van der Waals surface area contributed by atoms with Crippen molar-refractivity contribution in [3.63, 3.8) is 0 Å². The lowest BCUT2D eigenvalue weighted by atomic mass is 9.95. The molecule has 0 spiro atoms. The molecule has 7 heteroatoms. The molecule has 0 saturated carbocycles. The molecule has 0 bridgehead atoms. The Morgan fingerprint density at radius 1 is 1.12 bits per heavy atom. The van der Waals surface area contributed by atoms with Gasteiger partial charge in [0, 0.05) is 45.2 Å². The van der Waals surface area contributed by atoms with Crippen LogP contribution in [0.3, 0.4) is 0 Å². The Morgan fingerprint density at radius 3 is 2.69 bits per heavy atom. The third kappa shape index (κ3) is 3.93. The van der Waals surface area contributed by atoms with E-state index < -0.39 is 0 Å². The number of aryl methyl sites for hydroxylation is 1. The van der Waals surface area contributed by atoms with E-state index in [9.17, 15) is 4.79 Å². The second kappa shape index (κ2) is 7.95. The Kier molecular flexibility index (Phi) is 5.24. The average Bonchev–Trinajstić information content (AvgIpc) is 3.21. The zero-order valence-corrected chi connectivity index (χ0v) is 15.1. The number of hydrogen-bond acceptors (Lipinski definition) is 5. The molecule has 3 heterocycles. The van der Waals surface area contributed by atoms with Crippen LogP contribution in [-0.2, 0) is 24.3 Å². The average molecular weight is 354 g/mol. The number of piperidine rings is 1. The number of carbonyl (C=O) groups excluding carboxylic acids is 1. The van der Waals surface area contributed by atoms with E-state index in [1.54, 1.807) is 11.0 Å². The van der Waals surface area contributed by atoms with Gasteiger partial charge in [-0.25, -0.2) is 4.68 Å². The van der Waals surface area contributed by atoms with Crippen molar-refractivity contribution in [2.75, 3.05) is 19.6 Å². The van der Waals surface area contributed by atoms with Crippen molar-refractivity contribution in [1.82, 2.24) is 30.0 Å². The van der Waals surface area contributed by atoms with E-state index in [-0.39, 0.29) is 5.91 Å². The highest BCUT2D eigenvalue weighted by atomic mass is 16.2. The van der Waals surface area contributed by atoms with E-state index in [4.69, 9.17) is 0 Å². The molecule has 1 saturated heterocycles. The van der Waals surface area contributed by atoms with E-state index in [2.05, 4.69) is 44.7 Å². The Labute approximate surface area is 154 Å². The number of carbonyl (C=O) groups is 1. The maximum Gasteiger partial charge on any atom is 0.222 e. The third-order valence-corrected chi connectivity index (χ3v) is 5.66. The van der Waals surface area contributed by atoms with Crippen LogP contribution in [0.15, 0.2) is 30.6 Å². The summed E-state index contributed by atoms with van der Waals surface area (Å²) >= 11 is 0. The smallest absolute Gasteiger partial charge is 0.222 e. The first-order valence-electron chi connectivity index (χ1n) is 9.59. The van der Waals surface area contributed by atoms with Crippen molar-refractivity contribution in [2.24, 2.45) is 0 Å². The van der Waals surface area contributed by atoms with E-state index in [1.807, 2.05) is 4.90 Å². The second-order valence-electron chi connectivity index (χ2n) is 7.28. The minimum Gasteiger partial charge on any atom is -0.343 e. The highest BCUT2D eigenvalue weighted by Crippen LogP contribution is 2.25. The Morgan fingerprint density at radius 2 is 1.92 bits per heavy atom. The van der Waals surface area contributed by atoms with Gasteiger partial charge in [0.1, 0.15) is 6.33 Å². The molecule has 1 fully saturated rings. The predicted molar refractivity (Wildman–Crippen MR) is 97.2 cm³/mol. The van der Waals surface area contributed by atoms with E-state index >= 15 is 0 Å². The van der Waals surface area contributed by atoms with Crippen molar-refractivity contribution >= 4 is 5.91 Å². The molecule has 2 aliphatic heterocycles. The minimum absolute atomic E-state index is 0.264. The molecular weight excluding hydrogens is 328 g/mol. The molecule has 4 rings (SSSR count). The summed E-state index contributed by atoms with van der Waals surface area (Å²) in [4.78, 5) is 17.1. The number of likely N-dealkylation sites (tertiary alicyclic amines) is 1. The van der Waals surface area contributed by atoms with Gasteiger partial charge in [0.2, 0.25) is 5.91 Å². The number of tetrazole rings is 1. The molecule has 0 unspecified atom stereocenters. The van der Waals surface area contributed by atoms with Gasteiger partial charge in [0.25, 0.3) is 0 Å². The van der Waals surface area contributed by atoms with Gasteiger partial charge < -0.3 is 4.90 Å². The fourth-order valence-corrected chi connectivity index (χ4v) is 4.14. The van der Waals surface area contributed by atoms with Gasteiger partial charge in [0.05, 0.1) is 0 Å². The van der Waals surface area contributed by atoms with Crippen LogP contribution in [0.2, 0.25) is 0 Å². The number of nitrogens with zero attached hydrogens (tertiary/aromatic N) is 6.